The first kappa shape index (κ1) is 17.3. The third kappa shape index (κ3) is 4.01. The summed E-state index contributed by atoms with van der Waals surface area (Å²) < 4.78 is 7.80. The minimum atomic E-state index is -0.0939. The highest BCUT2D eigenvalue weighted by Gasteiger charge is 2.07. The van der Waals surface area contributed by atoms with E-state index in [1.54, 1.807) is 35.6 Å². The summed E-state index contributed by atoms with van der Waals surface area (Å²) in [5, 5.41) is 6.94. The Balaban J connectivity index is 1.35. The average molecular weight is 377 g/mol. The summed E-state index contributed by atoms with van der Waals surface area (Å²) in [7, 11) is 0. The standard InChI is InChI=1S/C21H19N3O2S/c1-15-3-2-9-24-12-18(23-20(15)24)13-26-19-6-4-17(5-7-19)21(25)22-11-16-8-10-27-14-16/h2-10,12,14H,11,13H2,1H3,(H,22,25). The van der Waals surface area contributed by atoms with E-state index >= 15 is 0 Å². The average Bonchev–Trinajstić information content (AvgIpc) is 3.35. The molecule has 4 aromatic rings. The first-order valence-electron chi connectivity index (χ1n) is 8.64. The molecule has 27 heavy (non-hydrogen) atoms. The van der Waals surface area contributed by atoms with Crippen molar-refractivity contribution in [3.05, 3.63) is 88.0 Å². The molecular weight excluding hydrogens is 358 g/mol. The Morgan fingerprint density at radius 1 is 1.22 bits per heavy atom. The second-order valence-corrected chi connectivity index (χ2v) is 7.06. The van der Waals surface area contributed by atoms with Crippen LogP contribution in [0.3, 0.4) is 0 Å². The monoisotopic (exact) mass is 377 g/mol. The lowest BCUT2D eigenvalue weighted by molar-refractivity contribution is 0.0951. The summed E-state index contributed by atoms with van der Waals surface area (Å²) in [6, 6.07) is 13.2. The molecule has 0 aliphatic rings. The molecule has 0 saturated heterocycles. The Labute approximate surface area is 161 Å². The lowest BCUT2D eigenvalue weighted by Gasteiger charge is -2.07. The van der Waals surface area contributed by atoms with E-state index in [-0.39, 0.29) is 5.91 Å². The number of benzene rings is 1. The van der Waals surface area contributed by atoms with Crippen LogP contribution in [0.1, 0.15) is 27.2 Å². The number of nitrogens with one attached hydrogen (secondary N) is 1. The van der Waals surface area contributed by atoms with Crippen molar-refractivity contribution in [2.45, 2.75) is 20.1 Å². The normalized spacial score (nSPS) is 10.9. The summed E-state index contributed by atoms with van der Waals surface area (Å²) in [4.78, 5) is 16.8. The van der Waals surface area contributed by atoms with E-state index in [9.17, 15) is 4.79 Å². The van der Waals surface area contributed by atoms with Crippen LogP contribution in [0, 0.1) is 6.92 Å². The second-order valence-electron chi connectivity index (χ2n) is 6.28. The molecule has 5 nitrogen and oxygen atoms in total. The number of hydrogen-bond acceptors (Lipinski definition) is 4. The van der Waals surface area contributed by atoms with Gasteiger partial charge in [-0.2, -0.15) is 11.3 Å². The Hall–Kier alpha value is -3.12. The van der Waals surface area contributed by atoms with Crippen molar-refractivity contribution < 1.29 is 9.53 Å². The molecule has 0 spiro atoms. The quantitative estimate of drug-likeness (QED) is 0.547. The minimum absolute atomic E-state index is 0.0939. The number of imidazole rings is 1. The van der Waals surface area contributed by atoms with Crippen LogP contribution in [0.2, 0.25) is 0 Å². The molecule has 1 N–H and O–H groups in total. The summed E-state index contributed by atoms with van der Waals surface area (Å²) in [5.41, 5.74) is 4.65. The molecule has 0 aliphatic heterocycles. The van der Waals surface area contributed by atoms with Gasteiger partial charge in [0.1, 0.15) is 18.0 Å². The summed E-state index contributed by atoms with van der Waals surface area (Å²) in [6.45, 7) is 2.95. The number of nitrogens with zero attached hydrogens (tertiary/aromatic N) is 2. The van der Waals surface area contributed by atoms with Crippen molar-refractivity contribution in [3.63, 3.8) is 0 Å². The van der Waals surface area contributed by atoms with Gasteiger partial charge in [-0.25, -0.2) is 4.98 Å². The van der Waals surface area contributed by atoms with Crippen LogP contribution in [0.4, 0.5) is 0 Å². The summed E-state index contributed by atoms with van der Waals surface area (Å²) in [5.74, 6) is 0.613. The Morgan fingerprint density at radius 2 is 2.07 bits per heavy atom. The van der Waals surface area contributed by atoms with Crippen LogP contribution in [0.25, 0.3) is 5.65 Å². The van der Waals surface area contributed by atoms with Crippen LogP contribution in [-0.4, -0.2) is 15.3 Å². The third-order valence-corrected chi connectivity index (χ3v) is 5.00. The zero-order valence-electron chi connectivity index (χ0n) is 14.9. The number of thiophene rings is 1. The highest BCUT2D eigenvalue weighted by Crippen LogP contribution is 2.16. The number of rotatable bonds is 6. The number of pyridine rings is 1. The Bertz CT molecular complexity index is 1050. The number of amides is 1. The van der Waals surface area contributed by atoms with Crippen LogP contribution >= 0.6 is 11.3 Å². The van der Waals surface area contributed by atoms with Gasteiger partial charge in [0.05, 0.1) is 5.69 Å². The topological polar surface area (TPSA) is 55.6 Å². The van der Waals surface area contributed by atoms with E-state index in [1.807, 2.05) is 52.7 Å². The van der Waals surface area contributed by atoms with Gasteiger partial charge in [-0.3, -0.25) is 4.79 Å². The highest BCUT2D eigenvalue weighted by molar-refractivity contribution is 7.07. The van der Waals surface area contributed by atoms with Crippen LogP contribution in [0.5, 0.6) is 5.75 Å². The molecule has 1 aromatic carbocycles. The molecule has 0 fully saturated rings. The van der Waals surface area contributed by atoms with Gasteiger partial charge in [-0.15, -0.1) is 0 Å². The maximum Gasteiger partial charge on any atom is 0.251 e. The van der Waals surface area contributed by atoms with Gasteiger partial charge in [0.15, 0.2) is 0 Å². The molecule has 0 atom stereocenters. The molecule has 0 aliphatic carbocycles. The van der Waals surface area contributed by atoms with Crippen LogP contribution < -0.4 is 10.1 Å². The van der Waals surface area contributed by atoms with Gasteiger partial charge in [-0.1, -0.05) is 6.07 Å². The number of fused-ring (bicyclic) bond motifs is 1. The van der Waals surface area contributed by atoms with Crippen molar-refractivity contribution >= 4 is 22.9 Å². The molecule has 0 saturated carbocycles. The number of aryl methyl sites for hydroxylation is 1. The zero-order chi connectivity index (χ0) is 18.6. The highest BCUT2D eigenvalue weighted by atomic mass is 32.1. The van der Waals surface area contributed by atoms with E-state index in [4.69, 9.17) is 4.74 Å². The molecule has 0 radical (unpaired) electrons. The zero-order valence-corrected chi connectivity index (χ0v) is 15.7. The minimum Gasteiger partial charge on any atom is -0.487 e. The number of ether oxygens (including phenoxy) is 1. The molecular formula is C21H19N3O2S. The van der Waals surface area contributed by atoms with Crippen molar-refractivity contribution in [1.82, 2.24) is 14.7 Å². The molecule has 6 heteroatoms. The van der Waals surface area contributed by atoms with Crippen molar-refractivity contribution in [2.24, 2.45) is 0 Å². The van der Waals surface area contributed by atoms with E-state index in [0.717, 1.165) is 22.5 Å². The first-order chi connectivity index (χ1) is 13.2. The molecule has 0 bridgehead atoms. The summed E-state index contributed by atoms with van der Waals surface area (Å²) in [6.07, 6.45) is 3.94. The van der Waals surface area contributed by atoms with Gasteiger partial charge in [-0.05, 0) is 65.2 Å². The molecule has 4 rings (SSSR count). The second kappa shape index (κ2) is 7.63. The molecule has 3 aromatic heterocycles. The van der Waals surface area contributed by atoms with Crippen molar-refractivity contribution in [2.75, 3.05) is 0 Å². The maximum absolute atomic E-state index is 12.2. The maximum atomic E-state index is 12.2. The van der Waals surface area contributed by atoms with Crippen LogP contribution in [0.15, 0.2) is 65.6 Å². The van der Waals surface area contributed by atoms with Gasteiger partial charge in [0.25, 0.3) is 5.91 Å². The fourth-order valence-electron chi connectivity index (χ4n) is 2.81. The number of hydrogen-bond donors (Lipinski definition) is 1. The fourth-order valence-corrected chi connectivity index (χ4v) is 3.48. The Kier molecular flexibility index (Phi) is 4.89. The lowest BCUT2D eigenvalue weighted by atomic mass is 10.2. The van der Waals surface area contributed by atoms with Gasteiger partial charge in [0, 0.05) is 24.5 Å². The molecule has 136 valence electrons. The molecule has 0 unspecified atom stereocenters. The summed E-state index contributed by atoms with van der Waals surface area (Å²) >= 11 is 1.62. The van der Waals surface area contributed by atoms with Crippen LogP contribution in [-0.2, 0) is 13.2 Å². The number of aromatic nitrogens is 2. The van der Waals surface area contributed by atoms with Crippen molar-refractivity contribution in [3.8, 4) is 5.75 Å². The largest absolute Gasteiger partial charge is 0.487 e. The number of carbonyl (C=O) groups is 1. The van der Waals surface area contributed by atoms with E-state index in [0.29, 0.717) is 24.5 Å². The third-order valence-electron chi connectivity index (χ3n) is 4.26. The van der Waals surface area contributed by atoms with Crippen molar-refractivity contribution in [1.29, 1.82) is 0 Å². The fraction of sp³-hybridized carbons (Fsp3) is 0.143. The first-order valence-corrected chi connectivity index (χ1v) is 9.59. The lowest BCUT2D eigenvalue weighted by Crippen LogP contribution is -2.22. The SMILES string of the molecule is Cc1cccn2cc(COc3ccc(C(=O)NCc4ccsc4)cc3)nc12. The molecule has 3 heterocycles. The van der Waals surface area contributed by atoms with Gasteiger partial charge >= 0.3 is 0 Å². The van der Waals surface area contributed by atoms with E-state index in [1.165, 1.54) is 0 Å². The van der Waals surface area contributed by atoms with E-state index < -0.39 is 0 Å². The van der Waals surface area contributed by atoms with Gasteiger partial charge in [0.2, 0.25) is 0 Å². The molecule has 1 amide bonds. The smallest absolute Gasteiger partial charge is 0.251 e. The number of carbonyl (C=O) groups excluding carboxylic acids is 1. The van der Waals surface area contributed by atoms with E-state index in [2.05, 4.69) is 10.3 Å². The Morgan fingerprint density at radius 3 is 2.81 bits per heavy atom. The predicted octanol–water partition coefficient (Wildman–Crippen LogP) is 4.21. The predicted molar refractivity (Wildman–Crippen MR) is 106 cm³/mol. The van der Waals surface area contributed by atoms with Gasteiger partial charge < -0.3 is 14.5 Å².